The smallest absolute Gasteiger partial charge is 0.0578 e. The summed E-state index contributed by atoms with van der Waals surface area (Å²) in [6.07, 6.45) is 0. The Balaban J connectivity index is -0.00000000800. The Labute approximate surface area is 69.0 Å². The van der Waals surface area contributed by atoms with Crippen LogP contribution in [0.15, 0.2) is 0 Å². The van der Waals surface area contributed by atoms with Gasteiger partial charge in [-0.25, -0.2) is 0 Å². The average molecular weight is 154 g/mol. The molecule has 0 unspecified atom stereocenters. The second kappa shape index (κ2) is 16.0. The van der Waals surface area contributed by atoms with Gasteiger partial charge in [-0.1, -0.05) is 37.1 Å². The van der Waals surface area contributed by atoms with Crippen molar-refractivity contribution in [3.63, 3.8) is 0 Å². The van der Waals surface area contributed by atoms with Crippen molar-refractivity contribution in [2.24, 2.45) is 11.5 Å². The zero-order valence-electron chi connectivity index (χ0n) is 3.65. The number of rotatable bonds is 0. The Morgan fingerprint density at radius 3 is 0.700 bits per heavy atom. The number of nitrogens with two attached hydrogens (primary N) is 2. The van der Waals surface area contributed by atoms with Crippen molar-refractivity contribution >= 4 is 0 Å². The van der Waals surface area contributed by atoms with E-state index in [2.05, 4.69) is 0 Å². The van der Waals surface area contributed by atoms with Crippen LogP contribution in [0, 0.1) is 0 Å². The van der Waals surface area contributed by atoms with E-state index in [1.54, 1.807) is 13.8 Å². The summed E-state index contributed by atoms with van der Waals surface area (Å²) < 4.78 is 0. The monoisotopic (exact) mass is 154 g/mol. The van der Waals surface area contributed by atoms with E-state index in [0.29, 0.717) is 0 Å². The summed E-state index contributed by atoms with van der Waals surface area (Å²) in [6, 6.07) is 0. The van der Waals surface area contributed by atoms with Gasteiger partial charge in [-0.05, 0) is 13.8 Å². The third kappa shape index (κ3) is 59300. The predicted octanol–water partition coefficient (Wildman–Crippen LogP) is 2.82. The zero-order valence-corrected chi connectivity index (χ0v) is 3.65. The van der Waals surface area contributed by atoms with E-state index >= 15 is 0 Å². The fourth-order valence-electron chi connectivity index (χ4n) is 0. The van der Waals surface area contributed by atoms with Crippen molar-refractivity contribution in [1.29, 1.82) is 0 Å². The highest BCUT2D eigenvalue weighted by molar-refractivity contribution is 4.57. The first-order valence-corrected chi connectivity index (χ1v) is 1.58. The molecule has 0 bridgehead atoms. The fraction of sp³-hybridized carbons (Fsp3) is 1.00. The molecule has 0 aliphatic heterocycles. The van der Waals surface area contributed by atoms with Gasteiger partial charge in [0.25, 0.3) is 0 Å². The molecule has 4 N–H and O–H groups in total. The third-order valence-electron chi connectivity index (χ3n) is 0. The summed E-state index contributed by atoms with van der Waals surface area (Å²) in [5.74, 6) is 0. The van der Waals surface area contributed by atoms with Gasteiger partial charge in [-0.15, -0.1) is 0 Å². The van der Waals surface area contributed by atoms with E-state index in [-0.39, 0.29) is 37.1 Å². The first-order valence-electron chi connectivity index (χ1n) is 1.58. The highest BCUT2D eigenvalue weighted by atomic mass is 14.9. The van der Waals surface area contributed by atoms with Gasteiger partial charge in [0.05, 0.1) is 5.66 Å². The van der Waals surface area contributed by atoms with Crippen LogP contribution in [0.1, 0.15) is 51.0 Å². The minimum absolute atomic E-state index is 0. The van der Waals surface area contributed by atoms with E-state index in [4.69, 9.17) is 11.5 Å². The van der Waals surface area contributed by atoms with Crippen molar-refractivity contribution in [2.75, 3.05) is 0 Å². The lowest BCUT2D eigenvalue weighted by Crippen LogP contribution is -2.42. The van der Waals surface area contributed by atoms with Crippen LogP contribution in [0.4, 0.5) is 0 Å². The quantitative estimate of drug-likeness (QED) is 0.527. The topological polar surface area (TPSA) is 52.0 Å². The van der Waals surface area contributed by atoms with Gasteiger partial charge < -0.3 is 11.5 Å². The molecule has 0 aliphatic rings. The average Bonchev–Trinajstić information content (AvgIpc) is 0.722. The van der Waals surface area contributed by atoms with Crippen molar-refractivity contribution in [3.05, 3.63) is 0 Å². The molecule has 0 aromatic carbocycles. The van der Waals surface area contributed by atoms with Crippen molar-refractivity contribution in [1.82, 2.24) is 0 Å². The van der Waals surface area contributed by atoms with Crippen LogP contribution in [0.5, 0.6) is 0 Å². The van der Waals surface area contributed by atoms with E-state index in [0.717, 1.165) is 0 Å². The van der Waals surface area contributed by atoms with Crippen LogP contribution >= 0.6 is 0 Å². The molecule has 2 heteroatoms. The predicted molar refractivity (Wildman–Crippen MR) is 56.1 cm³/mol. The molecule has 0 radical (unpaired) electrons. The summed E-state index contributed by atoms with van der Waals surface area (Å²) in [5.41, 5.74) is 9.76. The molecule has 0 aromatic rings. The Kier molecular flexibility index (Phi) is 82.0. The highest BCUT2D eigenvalue weighted by Crippen LogP contribution is 1.76. The molecule has 0 rings (SSSR count). The Hall–Kier alpha value is -0.0800. The highest BCUT2D eigenvalue weighted by Gasteiger charge is 1.95. The maximum absolute atomic E-state index is 5.13. The normalized spacial score (nSPS) is 6.00. The van der Waals surface area contributed by atoms with Gasteiger partial charge in [0.15, 0.2) is 0 Å². The van der Waals surface area contributed by atoms with Gasteiger partial charge in [0, 0.05) is 0 Å². The van der Waals surface area contributed by atoms with Crippen molar-refractivity contribution in [3.8, 4) is 0 Å². The molecular formula is C8H30N2. The van der Waals surface area contributed by atoms with E-state index < -0.39 is 5.66 Å². The number of hydrogen-bond donors (Lipinski definition) is 2. The van der Waals surface area contributed by atoms with Crippen LogP contribution in [-0.2, 0) is 0 Å². The van der Waals surface area contributed by atoms with E-state index in [9.17, 15) is 0 Å². The molecule has 0 aromatic heterocycles. The summed E-state index contributed by atoms with van der Waals surface area (Å²) in [7, 11) is 0. The van der Waals surface area contributed by atoms with E-state index in [1.807, 2.05) is 0 Å². The van der Waals surface area contributed by atoms with Gasteiger partial charge in [0.2, 0.25) is 0 Å². The van der Waals surface area contributed by atoms with Crippen LogP contribution in [0.3, 0.4) is 0 Å². The van der Waals surface area contributed by atoms with Gasteiger partial charge in [0.1, 0.15) is 0 Å². The summed E-state index contributed by atoms with van der Waals surface area (Å²) >= 11 is 0. The van der Waals surface area contributed by atoms with Gasteiger partial charge in [-0.3, -0.25) is 0 Å². The minimum atomic E-state index is -0.500. The molecule has 0 aliphatic carbocycles. The molecule has 2 nitrogen and oxygen atoms in total. The standard InChI is InChI=1S/C3H10N2.5CH4/c1-3(2,4)5;;;;;/h4-5H2,1-2H3;5*1H4. The molecule has 0 saturated carbocycles. The van der Waals surface area contributed by atoms with Crippen LogP contribution in [0.2, 0.25) is 0 Å². The minimum Gasteiger partial charge on any atom is -0.314 e. The first kappa shape index (κ1) is 51.4. The van der Waals surface area contributed by atoms with Crippen molar-refractivity contribution < 1.29 is 0 Å². The SMILES string of the molecule is C.C.C.C.C.CC(C)(N)N. The third-order valence-corrected chi connectivity index (χ3v) is 0. The molecule has 0 amide bonds. The largest absolute Gasteiger partial charge is 0.314 e. The number of hydrogen-bond acceptors (Lipinski definition) is 2. The van der Waals surface area contributed by atoms with Crippen LogP contribution < -0.4 is 11.5 Å². The summed E-state index contributed by atoms with van der Waals surface area (Å²) in [5, 5.41) is 0. The summed E-state index contributed by atoms with van der Waals surface area (Å²) in [6.45, 7) is 3.49. The van der Waals surface area contributed by atoms with Crippen molar-refractivity contribution in [2.45, 2.75) is 56.6 Å². The molecule has 10 heavy (non-hydrogen) atoms. The van der Waals surface area contributed by atoms with Gasteiger partial charge >= 0.3 is 0 Å². The van der Waals surface area contributed by atoms with Gasteiger partial charge in [-0.2, -0.15) is 0 Å². The lowest BCUT2D eigenvalue weighted by molar-refractivity contribution is 0.547. The Morgan fingerprint density at radius 1 is 0.700 bits per heavy atom. The molecule has 0 saturated heterocycles. The second-order valence-electron chi connectivity index (χ2n) is 1.82. The Bertz CT molecular complexity index is 22.7. The molecule has 0 spiro atoms. The first-order chi connectivity index (χ1) is 2.00. The lowest BCUT2D eigenvalue weighted by Gasteiger charge is -2.07. The molecule has 0 fully saturated rings. The maximum Gasteiger partial charge on any atom is 0.0578 e. The van der Waals surface area contributed by atoms with Crippen LogP contribution in [-0.4, -0.2) is 5.66 Å². The maximum atomic E-state index is 5.13. The molecular weight excluding hydrogens is 124 g/mol. The molecule has 0 atom stereocenters. The Morgan fingerprint density at radius 2 is 0.700 bits per heavy atom. The molecule has 0 heterocycles. The summed E-state index contributed by atoms with van der Waals surface area (Å²) in [4.78, 5) is 0. The zero-order chi connectivity index (χ0) is 4.50. The second-order valence-corrected chi connectivity index (χ2v) is 1.82. The van der Waals surface area contributed by atoms with E-state index in [1.165, 1.54) is 0 Å². The van der Waals surface area contributed by atoms with Crippen LogP contribution in [0.25, 0.3) is 0 Å². The fourth-order valence-corrected chi connectivity index (χ4v) is 0. The molecule has 72 valence electrons. The lowest BCUT2D eigenvalue weighted by atomic mass is 10.3.